The van der Waals surface area contributed by atoms with Gasteiger partial charge in [-0.1, -0.05) is 12.1 Å². The van der Waals surface area contributed by atoms with E-state index in [1.807, 2.05) is 0 Å². The number of esters is 1. The summed E-state index contributed by atoms with van der Waals surface area (Å²) in [6.45, 7) is 1.93. The van der Waals surface area contributed by atoms with Crippen LogP contribution in [-0.2, 0) is 11.3 Å². The van der Waals surface area contributed by atoms with Crippen LogP contribution < -0.4 is 5.32 Å². The minimum atomic E-state index is -1.01. The first-order chi connectivity index (χ1) is 10.0. The lowest BCUT2D eigenvalue weighted by molar-refractivity contribution is 0.0598. The molecule has 110 valence electrons. The summed E-state index contributed by atoms with van der Waals surface area (Å²) >= 11 is 0. The van der Waals surface area contributed by atoms with Gasteiger partial charge in [-0.3, -0.25) is 0 Å². The highest BCUT2D eigenvalue weighted by atomic mass is 16.5. The van der Waals surface area contributed by atoms with Crippen molar-refractivity contribution in [1.29, 1.82) is 0 Å². The molecule has 0 fully saturated rings. The number of anilines is 1. The Morgan fingerprint density at radius 2 is 2.00 bits per heavy atom. The van der Waals surface area contributed by atoms with Crippen LogP contribution in [-0.4, -0.2) is 24.2 Å². The molecule has 0 unspecified atom stereocenters. The third-order valence-corrected chi connectivity index (χ3v) is 2.98. The van der Waals surface area contributed by atoms with Gasteiger partial charge in [0, 0.05) is 5.69 Å². The van der Waals surface area contributed by atoms with Gasteiger partial charge in [0.1, 0.15) is 17.1 Å². The minimum Gasteiger partial charge on any atom is -0.478 e. The Balaban J connectivity index is 2.14. The standard InChI is InChI=1S/C15H15NO5/c1-9-12(15(19)20-2)7-10(21-9)8-16-13-6-4-3-5-11(13)14(17)18/h3-7,16H,8H2,1-2H3,(H,17,18). The summed E-state index contributed by atoms with van der Waals surface area (Å²) in [6, 6.07) is 8.15. The quantitative estimate of drug-likeness (QED) is 0.823. The number of nitrogens with one attached hydrogen (secondary N) is 1. The lowest BCUT2D eigenvalue weighted by atomic mass is 10.2. The maximum Gasteiger partial charge on any atom is 0.341 e. The zero-order valence-electron chi connectivity index (χ0n) is 11.7. The highest BCUT2D eigenvalue weighted by Crippen LogP contribution is 2.19. The predicted octanol–water partition coefficient (Wildman–Crippen LogP) is 2.68. The fourth-order valence-corrected chi connectivity index (χ4v) is 1.95. The number of carboxylic acids is 1. The van der Waals surface area contributed by atoms with Crippen LogP contribution in [0.4, 0.5) is 5.69 Å². The molecule has 2 rings (SSSR count). The summed E-state index contributed by atoms with van der Waals surface area (Å²) in [5.41, 5.74) is 1.02. The lowest BCUT2D eigenvalue weighted by Crippen LogP contribution is -2.05. The molecule has 1 aromatic carbocycles. The van der Waals surface area contributed by atoms with Crippen LogP contribution in [0.1, 0.15) is 32.2 Å². The van der Waals surface area contributed by atoms with E-state index in [1.165, 1.54) is 13.2 Å². The van der Waals surface area contributed by atoms with Crippen molar-refractivity contribution >= 4 is 17.6 Å². The first-order valence-corrected chi connectivity index (χ1v) is 6.26. The van der Waals surface area contributed by atoms with Crippen LogP contribution >= 0.6 is 0 Å². The Bertz CT molecular complexity index is 674. The average Bonchev–Trinajstić information content (AvgIpc) is 2.85. The second-order valence-corrected chi connectivity index (χ2v) is 4.38. The second-order valence-electron chi connectivity index (χ2n) is 4.38. The van der Waals surface area contributed by atoms with Crippen LogP contribution in [0.15, 0.2) is 34.7 Å². The monoisotopic (exact) mass is 289 g/mol. The van der Waals surface area contributed by atoms with Crippen molar-refractivity contribution < 1.29 is 23.8 Å². The topological polar surface area (TPSA) is 88.8 Å². The van der Waals surface area contributed by atoms with Crippen LogP contribution in [0.3, 0.4) is 0 Å². The van der Waals surface area contributed by atoms with Gasteiger partial charge in [0.05, 0.1) is 19.2 Å². The van der Waals surface area contributed by atoms with Gasteiger partial charge in [-0.25, -0.2) is 9.59 Å². The van der Waals surface area contributed by atoms with E-state index in [9.17, 15) is 9.59 Å². The SMILES string of the molecule is COC(=O)c1cc(CNc2ccccc2C(=O)O)oc1C. The van der Waals surface area contributed by atoms with E-state index in [2.05, 4.69) is 10.1 Å². The van der Waals surface area contributed by atoms with Crippen molar-refractivity contribution in [3.8, 4) is 0 Å². The number of ether oxygens (including phenoxy) is 1. The molecular weight excluding hydrogens is 274 g/mol. The Morgan fingerprint density at radius 1 is 1.29 bits per heavy atom. The molecule has 0 aliphatic carbocycles. The van der Waals surface area contributed by atoms with Crippen LogP contribution in [0.2, 0.25) is 0 Å². The molecular formula is C15H15NO5. The van der Waals surface area contributed by atoms with E-state index < -0.39 is 11.9 Å². The molecule has 0 radical (unpaired) electrons. The number of aryl methyl sites for hydroxylation is 1. The van der Waals surface area contributed by atoms with Crippen molar-refractivity contribution in [2.75, 3.05) is 12.4 Å². The predicted molar refractivity (Wildman–Crippen MR) is 75.5 cm³/mol. The maximum atomic E-state index is 11.5. The van der Waals surface area contributed by atoms with Gasteiger partial charge in [0.2, 0.25) is 0 Å². The fraction of sp³-hybridized carbons (Fsp3) is 0.200. The molecule has 2 N–H and O–H groups in total. The summed E-state index contributed by atoms with van der Waals surface area (Å²) in [7, 11) is 1.30. The molecule has 0 aliphatic rings. The van der Waals surface area contributed by atoms with Crippen LogP contribution in [0.5, 0.6) is 0 Å². The number of aromatic carboxylic acids is 1. The molecule has 21 heavy (non-hydrogen) atoms. The summed E-state index contributed by atoms with van der Waals surface area (Å²) < 4.78 is 10.1. The van der Waals surface area contributed by atoms with Crippen molar-refractivity contribution in [3.63, 3.8) is 0 Å². The zero-order chi connectivity index (χ0) is 15.4. The highest BCUT2D eigenvalue weighted by Gasteiger charge is 2.15. The molecule has 6 nitrogen and oxygen atoms in total. The van der Waals surface area contributed by atoms with Gasteiger partial charge in [0.25, 0.3) is 0 Å². The normalized spacial score (nSPS) is 10.2. The maximum absolute atomic E-state index is 11.5. The van der Waals surface area contributed by atoms with Crippen molar-refractivity contribution in [2.24, 2.45) is 0 Å². The van der Waals surface area contributed by atoms with Crippen molar-refractivity contribution in [3.05, 3.63) is 53.0 Å². The van der Waals surface area contributed by atoms with Crippen molar-refractivity contribution in [1.82, 2.24) is 0 Å². The smallest absolute Gasteiger partial charge is 0.341 e. The Hall–Kier alpha value is -2.76. The first kappa shape index (κ1) is 14.6. The third-order valence-electron chi connectivity index (χ3n) is 2.98. The number of para-hydroxylation sites is 1. The van der Waals surface area contributed by atoms with E-state index in [0.29, 0.717) is 22.8 Å². The Labute approximate surface area is 121 Å². The molecule has 1 heterocycles. The Morgan fingerprint density at radius 3 is 2.67 bits per heavy atom. The molecule has 0 saturated carbocycles. The zero-order valence-corrected chi connectivity index (χ0v) is 11.7. The molecule has 6 heteroatoms. The van der Waals surface area contributed by atoms with E-state index in [1.54, 1.807) is 31.2 Å². The summed E-state index contributed by atoms with van der Waals surface area (Å²) in [5, 5.41) is 12.1. The average molecular weight is 289 g/mol. The summed E-state index contributed by atoms with van der Waals surface area (Å²) in [5.74, 6) is -0.490. The molecule has 1 aromatic heterocycles. The van der Waals surface area contributed by atoms with Gasteiger partial charge >= 0.3 is 11.9 Å². The van der Waals surface area contributed by atoms with Crippen LogP contribution in [0, 0.1) is 6.92 Å². The minimum absolute atomic E-state index is 0.175. The number of carbonyl (C=O) groups is 2. The number of hydrogen-bond acceptors (Lipinski definition) is 5. The van der Waals surface area contributed by atoms with Gasteiger partial charge in [-0.05, 0) is 25.1 Å². The number of benzene rings is 1. The van der Waals surface area contributed by atoms with Crippen LogP contribution in [0.25, 0.3) is 0 Å². The van der Waals surface area contributed by atoms with E-state index in [0.717, 1.165) is 0 Å². The highest BCUT2D eigenvalue weighted by molar-refractivity contribution is 5.94. The van der Waals surface area contributed by atoms with Crippen molar-refractivity contribution in [2.45, 2.75) is 13.5 Å². The van der Waals surface area contributed by atoms with E-state index >= 15 is 0 Å². The number of rotatable bonds is 5. The molecule has 0 spiro atoms. The number of carboxylic acid groups (broad SMARTS) is 1. The number of carbonyl (C=O) groups excluding carboxylic acids is 1. The largest absolute Gasteiger partial charge is 0.478 e. The lowest BCUT2D eigenvalue weighted by Gasteiger charge is -2.07. The number of furan rings is 1. The fourth-order valence-electron chi connectivity index (χ4n) is 1.95. The third kappa shape index (κ3) is 3.22. The first-order valence-electron chi connectivity index (χ1n) is 6.26. The van der Waals surface area contributed by atoms with Gasteiger partial charge in [-0.15, -0.1) is 0 Å². The summed E-state index contributed by atoms with van der Waals surface area (Å²) in [4.78, 5) is 22.6. The van der Waals surface area contributed by atoms with Gasteiger partial charge in [-0.2, -0.15) is 0 Å². The van der Waals surface area contributed by atoms with E-state index in [-0.39, 0.29) is 12.1 Å². The molecule has 0 atom stereocenters. The number of methoxy groups -OCH3 is 1. The number of hydrogen-bond donors (Lipinski definition) is 2. The van der Waals surface area contributed by atoms with Gasteiger partial charge in [0.15, 0.2) is 0 Å². The molecule has 0 saturated heterocycles. The molecule has 0 bridgehead atoms. The molecule has 2 aromatic rings. The Kier molecular flexibility index (Phi) is 4.27. The molecule has 0 aliphatic heterocycles. The second kappa shape index (κ2) is 6.13. The van der Waals surface area contributed by atoms with E-state index in [4.69, 9.17) is 9.52 Å². The molecule has 0 amide bonds. The van der Waals surface area contributed by atoms with Gasteiger partial charge < -0.3 is 19.6 Å². The summed E-state index contributed by atoms with van der Waals surface area (Å²) in [6.07, 6.45) is 0.